The third kappa shape index (κ3) is 4.05. The highest BCUT2D eigenvalue weighted by atomic mass is 35.5. The first-order valence-electron chi connectivity index (χ1n) is 12.4. The zero-order chi connectivity index (χ0) is 25.7. The molecule has 1 aromatic heterocycles. The lowest BCUT2D eigenvalue weighted by atomic mass is 9.63. The zero-order valence-corrected chi connectivity index (χ0v) is 22.1. The van der Waals surface area contributed by atoms with Gasteiger partial charge in [0.2, 0.25) is 0 Å². The molecule has 3 aromatic rings. The number of benzene rings is 2. The summed E-state index contributed by atoms with van der Waals surface area (Å²) in [6.45, 7) is 5.11. The molecule has 1 spiro atoms. The average molecular weight is 527 g/mol. The van der Waals surface area contributed by atoms with Crippen LogP contribution in [0.15, 0.2) is 36.4 Å². The van der Waals surface area contributed by atoms with Gasteiger partial charge in [0.05, 0.1) is 51.1 Å². The number of hydrogen-bond acceptors (Lipinski definition) is 6. The van der Waals surface area contributed by atoms with Crippen LogP contribution in [0.4, 0.5) is 0 Å². The summed E-state index contributed by atoms with van der Waals surface area (Å²) in [4.78, 5) is 9.95. The van der Waals surface area contributed by atoms with Gasteiger partial charge in [-0.25, -0.2) is 4.98 Å². The molecule has 190 valence electrons. The Morgan fingerprint density at radius 2 is 1.89 bits per heavy atom. The second kappa shape index (κ2) is 9.67. The van der Waals surface area contributed by atoms with Gasteiger partial charge in [0.25, 0.3) is 0 Å². The number of nitrogens with one attached hydrogen (secondary N) is 1. The van der Waals surface area contributed by atoms with Gasteiger partial charge < -0.3 is 21.3 Å². The lowest BCUT2D eigenvalue weighted by Gasteiger charge is -2.47. The Morgan fingerprint density at radius 1 is 1.14 bits per heavy atom. The highest BCUT2D eigenvalue weighted by Gasteiger charge is 2.58. The predicted molar refractivity (Wildman–Crippen MR) is 143 cm³/mol. The molecule has 0 radical (unpaired) electrons. The van der Waals surface area contributed by atoms with Gasteiger partial charge >= 0.3 is 0 Å². The molecule has 1 aliphatic heterocycles. The van der Waals surface area contributed by atoms with Crippen LogP contribution in [0.5, 0.6) is 0 Å². The fourth-order valence-corrected chi connectivity index (χ4v) is 6.57. The minimum Gasteiger partial charge on any atom is -0.393 e. The first-order chi connectivity index (χ1) is 17.2. The number of nitrogens with zero attached hydrogens (tertiary/aromatic N) is 2. The standard InChI is InChI=1S/C28H32Cl2N4O2/c1-16(36)12-18-6-7-19-14-27(8-10-32-11-9-27)28(31,21(19)13-18)26-23(15-35)34-25(17(2)33-26)20-4-3-5-22(29)24(20)30/h3-7,13,16,32,35-36H,8-12,14-15,31H2,1-2H3/t16-,28?/m0/s1. The highest BCUT2D eigenvalue weighted by molar-refractivity contribution is 6.43. The quantitative estimate of drug-likeness (QED) is 0.395. The maximum Gasteiger partial charge on any atom is 0.0934 e. The summed E-state index contributed by atoms with van der Waals surface area (Å²) >= 11 is 12.8. The summed E-state index contributed by atoms with van der Waals surface area (Å²) in [5.41, 5.74) is 12.6. The lowest BCUT2D eigenvalue weighted by Crippen LogP contribution is -2.56. The van der Waals surface area contributed by atoms with Crippen molar-refractivity contribution in [1.29, 1.82) is 0 Å². The van der Waals surface area contributed by atoms with Crippen LogP contribution < -0.4 is 11.1 Å². The molecule has 1 aliphatic carbocycles. The molecule has 5 N–H and O–H groups in total. The molecule has 36 heavy (non-hydrogen) atoms. The Kier molecular flexibility index (Phi) is 6.87. The van der Waals surface area contributed by atoms with Crippen LogP contribution >= 0.6 is 23.2 Å². The van der Waals surface area contributed by atoms with Crippen molar-refractivity contribution in [2.75, 3.05) is 13.1 Å². The average Bonchev–Trinajstić information content (AvgIpc) is 3.09. The number of hydrogen-bond donors (Lipinski definition) is 4. The highest BCUT2D eigenvalue weighted by Crippen LogP contribution is 2.57. The first-order valence-corrected chi connectivity index (χ1v) is 13.2. The van der Waals surface area contributed by atoms with Gasteiger partial charge in [0, 0.05) is 11.0 Å². The fraction of sp³-hybridized carbons (Fsp3) is 0.429. The van der Waals surface area contributed by atoms with Crippen molar-refractivity contribution in [3.63, 3.8) is 0 Å². The Hall–Kier alpha value is -2.06. The van der Waals surface area contributed by atoms with E-state index in [0.717, 1.165) is 43.5 Å². The van der Waals surface area contributed by atoms with Crippen molar-refractivity contribution < 1.29 is 10.2 Å². The number of aliphatic hydroxyl groups excluding tert-OH is 2. The molecular weight excluding hydrogens is 495 g/mol. The second-order valence-corrected chi connectivity index (χ2v) is 11.1. The molecular formula is C28H32Cl2N4O2. The number of aryl methyl sites for hydroxylation is 1. The maximum absolute atomic E-state index is 10.5. The van der Waals surface area contributed by atoms with Crippen LogP contribution in [-0.4, -0.2) is 39.4 Å². The van der Waals surface area contributed by atoms with E-state index in [4.69, 9.17) is 38.9 Å². The molecule has 2 atom stereocenters. The monoisotopic (exact) mass is 526 g/mol. The molecule has 1 saturated heterocycles. The summed E-state index contributed by atoms with van der Waals surface area (Å²) in [6.07, 6.45) is 2.69. The first kappa shape index (κ1) is 25.6. The van der Waals surface area contributed by atoms with Gasteiger partial charge in [-0.2, -0.15) is 0 Å². The van der Waals surface area contributed by atoms with E-state index in [1.165, 1.54) is 5.56 Å². The van der Waals surface area contributed by atoms with Crippen LogP contribution in [0.2, 0.25) is 10.0 Å². The normalized spacial score (nSPS) is 21.5. The summed E-state index contributed by atoms with van der Waals surface area (Å²) in [7, 11) is 0. The van der Waals surface area contributed by atoms with E-state index in [2.05, 4.69) is 23.5 Å². The third-order valence-electron chi connectivity index (χ3n) is 7.93. The van der Waals surface area contributed by atoms with Gasteiger partial charge in [0.15, 0.2) is 0 Å². The smallest absolute Gasteiger partial charge is 0.0934 e. The van der Waals surface area contributed by atoms with Gasteiger partial charge in [-0.15, -0.1) is 0 Å². The van der Waals surface area contributed by atoms with Gasteiger partial charge in [-0.1, -0.05) is 53.5 Å². The van der Waals surface area contributed by atoms with Gasteiger partial charge in [-0.05, 0) is 75.4 Å². The van der Waals surface area contributed by atoms with E-state index >= 15 is 0 Å². The Balaban J connectivity index is 1.73. The Bertz CT molecular complexity index is 1310. The van der Waals surface area contributed by atoms with E-state index in [-0.39, 0.29) is 12.0 Å². The molecule has 2 aromatic carbocycles. The largest absolute Gasteiger partial charge is 0.393 e. The zero-order valence-electron chi connectivity index (χ0n) is 20.6. The molecule has 2 aliphatic rings. The van der Waals surface area contributed by atoms with Crippen molar-refractivity contribution >= 4 is 23.2 Å². The summed E-state index contributed by atoms with van der Waals surface area (Å²) in [5.74, 6) is 0. The third-order valence-corrected chi connectivity index (χ3v) is 8.75. The van der Waals surface area contributed by atoms with Crippen molar-refractivity contribution in [3.05, 3.63) is 80.2 Å². The summed E-state index contributed by atoms with van der Waals surface area (Å²) < 4.78 is 0. The molecule has 8 heteroatoms. The van der Waals surface area contributed by atoms with Crippen LogP contribution in [0, 0.1) is 12.3 Å². The predicted octanol–water partition coefficient (Wildman–Crippen LogP) is 4.30. The molecule has 5 rings (SSSR count). The van der Waals surface area contributed by atoms with Crippen molar-refractivity contribution in [2.45, 2.75) is 57.8 Å². The van der Waals surface area contributed by atoms with Gasteiger partial charge in [-0.3, -0.25) is 4.98 Å². The minimum absolute atomic E-state index is 0.260. The lowest BCUT2D eigenvalue weighted by molar-refractivity contribution is 0.114. The van der Waals surface area contributed by atoms with Crippen molar-refractivity contribution in [2.24, 2.45) is 11.1 Å². The van der Waals surface area contributed by atoms with Crippen LogP contribution in [0.1, 0.15) is 53.5 Å². The number of halogens is 2. The van der Waals surface area contributed by atoms with Gasteiger partial charge in [0.1, 0.15) is 0 Å². The Labute approximate surface area is 221 Å². The number of aromatic nitrogens is 2. The van der Waals surface area contributed by atoms with Crippen LogP contribution in [0.3, 0.4) is 0 Å². The molecule has 1 unspecified atom stereocenters. The van der Waals surface area contributed by atoms with E-state index in [0.29, 0.717) is 44.8 Å². The van der Waals surface area contributed by atoms with E-state index in [1.807, 2.05) is 19.1 Å². The van der Waals surface area contributed by atoms with Crippen LogP contribution in [0.25, 0.3) is 11.3 Å². The Morgan fingerprint density at radius 3 is 2.58 bits per heavy atom. The maximum atomic E-state index is 10.5. The van der Waals surface area contributed by atoms with E-state index < -0.39 is 11.6 Å². The summed E-state index contributed by atoms with van der Waals surface area (Å²) in [6, 6.07) is 11.8. The fourth-order valence-electron chi connectivity index (χ4n) is 6.18. The minimum atomic E-state index is -0.939. The number of rotatable bonds is 5. The molecule has 1 fully saturated rings. The van der Waals surface area contributed by atoms with Crippen LogP contribution in [-0.2, 0) is 25.0 Å². The van der Waals surface area contributed by atoms with Crippen molar-refractivity contribution in [3.8, 4) is 11.3 Å². The number of nitrogens with two attached hydrogens (primary N) is 1. The van der Waals surface area contributed by atoms with E-state index in [1.54, 1.807) is 13.0 Å². The number of aliphatic hydroxyl groups is 2. The molecule has 0 bridgehead atoms. The topological polar surface area (TPSA) is 104 Å². The number of fused-ring (bicyclic) bond motifs is 1. The van der Waals surface area contributed by atoms with E-state index in [9.17, 15) is 10.2 Å². The molecule has 0 saturated carbocycles. The molecule has 2 heterocycles. The second-order valence-electron chi connectivity index (χ2n) is 10.3. The van der Waals surface area contributed by atoms with Crippen molar-refractivity contribution in [1.82, 2.24) is 15.3 Å². The SMILES string of the molecule is Cc1nc(C2(N)c3cc(C[C@H](C)O)ccc3CC23CCNCC3)c(CO)nc1-c1cccc(Cl)c1Cl. The number of piperidine rings is 1. The molecule has 0 amide bonds. The summed E-state index contributed by atoms with van der Waals surface area (Å²) in [5, 5.41) is 24.9. The molecule has 6 nitrogen and oxygen atoms in total.